The summed E-state index contributed by atoms with van der Waals surface area (Å²) in [5.41, 5.74) is 7.16. The van der Waals surface area contributed by atoms with E-state index in [-0.39, 0.29) is 6.04 Å². The van der Waals surface area contributed by atoms with Crippen LogP contribution in [0.2, 0.25) is 0 Å². The molecule has 1 atom stereocenters. The summed E-state index contributed by atoms with van der Waals surface area (Å²) in [5, 5.41) is 0. The Balaban J connectivity index is 2.58. The van der Waals surface area contributed by atoms with Crippen LogP contribution in [0.1, 0.15) is 44.1 Å². The molecule has 1 unspecified atom stereocenters. The molecule has 0 radical (unpaired) electrons. The Morgan fingerprint density at radius 3 is 3.00 bits per heavy atom. The lowest BCUT2D eigenvalue weighted by Crippen LogP contribution is -2.10. The van der Waals surface area contributed by atoms with Crippen LogP contribution in [-0.4, -0.2) is 0 Å². The molecule has 1 rings (SSSR count). The first-order valence-electron chi connectivity index (χ1n) is 5.01. The van der Waals surface area contributed by atoms with Crippen molar-refractivity contribution in [1.29, 1.82) is 0 Å². The van der Waals surface area contributed by atoms with E-state index in [1.807, 2.05) is 13.0 Å². The van der Waals surface area contributed by atoms with E-state index in [0.717, 1.165) is 30.6 Å². The van der Waals surface area contributed by atoms with Gasteiger partial charge in [0.25, 0.3) is 0 Å². The molecule has 0 saturated carbocycles. The van der Waals surface area contributed by atoms with Gasteiger partial charge in [-0.2, -0.15) is 0 Å². The molecule has 0 saturated heterocycles. The lowest BCUT2D eigenvalue weighted by atomic mass is 10.0. The van der Waals surface area contributed by atoms with Crippen molar-refractivity contribution in [3.05, 3.63) is 23.7 Å². The summed E-state index contributed by atoms with van der Waals surface area (Å²) in [4.78, 5) is 0. The maximum Gasteiger partial charge on any atom is 0.108 e. The molecule has 0 amide bonds. The number of furan rings is 1. The summed E-state index contributed by atoms with van der Waals surface area (Å²) in [6.07, 6.45) is 4.36. The summed E-state index contributed by atoms with van der Waals surface area (Å²) < 4.78 is 5.33. The van der Waals surface area contributed by atoms with Crippen molar-refractivity contribution in [2.45, 2.75) is 39.2 Å². The molecule has 0 aliphatic carbocycles. The molecule has 2 heteroatoms. The van der Waals surface area contributed by atoms with Gasteiger partial charge in [-0.05, 0) is 19.4 Å². The predicted octanol–water partition coefficient (Wildman–Crippen LogP) is 2.65. The second-order valence-corrected chi connectivity index (χ2v) is 3.22. The molecule has 0 fully saturated rings. The van der Waals surface area contributed by atoms with Crippen molar-refractivity contribution >= 4 is 0 Å². The summed E-state index contributed by atoms with van der Waals surface area (Å²) in [5.74, 6) is 6.89. The Labute approximate surface area is 85.5 Å². The monoisotopic (exact) mass is 191 g/mol. The van der Waals surface area contributed by atoms with Gasteiger partial charge in [-0.3, -0.25) is 0 Å². The Morgan fingerprint density at radius 1 is 1.57 bits per heavy atom. The van der Waals surface area contributed by atoms with E-state index in [0.29, 0.717) is 0 Å². The van der Waals surface area contributed by atoms with Crippen molar-refractivity contribution in [3.63, 3.8) is 0 Å². The summed E-state index contributed by atoms with van der Waals surface area (Å²) in [6.45, 7) is 3.92. The third kappa shape index (κ3) is 2.65. The van der Waals surface area contributed by atoms with Crippen LogP contribution in [0.25, 0.3) is 0 Å². The van der Waals surface area contributed by atoms with Crippen molar-refractivity contribution in [2.24, 2.45) is 5.73 Å². The SMILES string of the molecule is CC#CCCC(N)c1ccoc1CC. The fourth-order valence-electron chi connectivity index (χ4n) is 1.48. The van der Waals surface area contributed by atoms with E-state index in [1.54, 1.807) is 6.26 Å². The first-order valence-corrected chi connectivity index (χ1v) is 5.01. The third-order valence-corrected chi connectivity index (χ3v) is 2.26. The van der Waals surface area contributed by atoms with Gasteiger partial charge in [0.15, 0.2) is 0 Å². The highest BCUT2D eigenvalue weighted by atomic mass is 16.3. The molecule has 1 aromatic heterocycles. The van der Waals surface area contributed by atoms with E-state index in [4.69, 9.17) is 10.2 Å². The van der Waals surface area contributed by atoms with Gasteiger partial charge in [0.2, 0.25) is 0 Å². The quantitative estimate of drug-likeness (QED) is 0.743. The van der Waals surface area contributed by atoms with E-state index in [9.17, 15) is 0 Å². The van der Waals surface area contributed by atoms with Gasteiger partial charge >= 0.3 is 0 Å². The van der Waals surface area contributed by atoms with Crippen LogP contribution >= 0.6 is 0 Å². The summed E-state index contributed by atoms with van der Waals surface area (Å²) >= 11 is 0. The van der Waals surface area contributed by atoms with E-state index >= 15 is 0 Å². The molecule has 0 aliphatic heterocycles. The van der Waals surface area contributed by atoms with Crippen LogP contribution < -0.4 is 5.73 Å². The summed E-state index contributed by atoms with van der Waals surface area (Å²) in [7, 11) is 0. The Kier molecular flexibility index (Phi) is 4.28. The van der Waals surface area contributed by atoms with Crippen LogP contribution in [-0.2, 0) is 6.42 Å². The second kappa shape index (κ2) is 5.51. The summed E-state index contributed by atoms with van der Waals surface area (Å²) in [6, 6.07) is 2.02. The zero-order chi connectivity index (χ0) is 10.4. The Morgan fingerprint density at radius 2 is 2.36 bits per heavy atom. The van der Waals surface area contributed by atoms with Gasteiger partial charge < -0.3 is 10.2 Å². The van der Waals surface area contributed by atoms with Crippen LogP contribution in [0, 0.1) is 11.8 Å². The molecule has 0 aliphatic rings. The lowest BCUT2D eigenvalue weighted by molar-refractivity contribution is 0.503. The molecule has 1 heterocycles. The number of aryl methyl sites for hydroxylation is 1. The first-order chi connectivity index (χ1) is 6.79. The average molecular weight is 191 g/mol. The molecule has 0 spiro atoms. The molecular formula is C12H17NO. The van der Waals surface area contributed by atoms with Gasteiger partial charge in [0, 0.05) is 24.4 Å². The van der Waals surface area contributed by atoms with Crippen LogP contribution in [0.5, 0.6) is 0 Å². The zero-order valence-electron chi connectivity index (χ0n) is 8.84. The number of rotatable bonds is 4. The van der Waals surface area contributed by atoms with Crippen LogP contribution in [0.3, 0.4) is 0 Å². The van der Waals surface area contributed by atoms with Crippen molar-refractivity contribution in [1.82, 2.24) is 0 Å². The minimum atomic E-state index is 0.0598. The minimum Gasteiger partial charge on any atom is -0.469 e. The third-order valence-electron chi connectivity index (χ3n) is 2.26. The van der Waals surface area contributed by atoms with Crippen molar-refractivity contribution in [2.75, 3.05) is 0 Å². The van der Waals surface area contributed by atoms with Crippen LogP contribution in [0.4, 0.5) is 0 Å². The molecule has 76 valence electrons. The van der Waals surface area contributed by atoms with E-state index in [2.05, 4.69) is 18.8 Å². The molecule has 0 aromatic carbocycles. The molecular weight excluding hydrogens is 174 g/mol. The number of nitrogens with two attached hydrogens (primary N) is 1. The smallest absolute Gasteiger partial charge is 0.108 e. The van der Waals surface area contributed by atoms with E-state index in [1.165, 1.54) is 0 Å². The molecule has 0 bridgehead atoms. The lowest BCUT2D eigenvalue weighted by Gasteiger charge is -2.08. The fraction of sp³-hybridized carbons (Fsp3) is 0.500. The molecule has 1 aromatic rings. The number of hydrogen-bond donors (Lipinski definition) is 1. The molecule has 2 N–H and O–H groups in total. The Hall–Kier alpha value is -1.20. The van der Waals surface area contributed by atoms with Gasteiger partial charge in [-0.25, -0.2) is 0 Å². The Bertz CT molecular complexity index is 330. The highest BCUT2D eigenvalue weighted by molar-refractivity contribution is 5.21. The predicted molar refractivity (Wildman–Crippen MR) is 57.7 cm³/mol. The second-order valence-electron chi connectivity index (χ2n) is 3.22. The largest absolute Gasteiger partial charge is 0.469 e. The average Bonchev–Trinajstić information content (AvgIpc) is 2.65. The maximum atomic E-state index is 6.03. The van der Waals surface area contributed by atoms with Gasteiger partial charge in [0.05, 0.1) is 6.26 Å². The topological polar surface area (TPSA) is 39.2 Å². The van der Waals surface area contributed by atoms with Gasteiger partial charge in [-0.15, -0.1) is 11.8 Å². The zero-order valence-corrected chi connectivity index (χ0v) is 8.84. The molecule has 14 heavy (non-hydrogen) atoms. The van der Waals surface area contributed by atoms with Crippen LogP contribution in [0.15, 0.2) is 16.7 Å². The fourth-order valence-corrected chi connectivity index (χ4v) is 1.48. The standard InChI is InChI=1S/C12H17NO/c1-3-5-6-7-11(13)10-8-9-14-12(10)4-2/h8-9,11H,4,6-7,13H2,1-2H3. The van der Waals surface area contributed by atoms with Gasteiger partial charge in [0.1, 0.15) is 5.76 Å². The van der Waals surface area contributed by atoms with Crippen molar-refractivity contribution < 1.29 is 4.42 Å². The van der Waals surface area contributed by atoms with E-state index < -0.39 is 0 Å². The normalized spacial score (nSPS) is 11.9. The maximum absolute atomic E-state index is 6.03. The van der Waals surface area contributed by atoms with Crippen molar-refractivity contribution in [3.8, 4) is 11.8 Å². The first kappa shape index (κ1) is 10.9. The number of hydrogen-bond acceptors (Lipinski definition) is 2. The highest BCUT2D eigenvalue weighted by Gasteiger charge is 2.11. The highest BCUT2D eigenvalue weighted by Crippen LogP contribution is 2.21. The minimum absolute atomic E-state index is 0.0598. The van der Waals surface area contributed by atoms with Gasteiger partial charge in [-0.1, -0.05) is 6.92 Å². The molecule has 2 nitrogen and oxygen atoms in total.